The van der Waals surface area contributed by atoms with Crippen molar-refractivity contribution in [2.75, 3.05) is 33.9 Å². The van der Waals surface area contributed by atoms with Crippen LogP contribution in [-0.2, 0) is 16.0 Å². The van der Waals surface area contributed by atoms with Gasteiger partial charge in [0, 0.05) is 19.7 Å². The Balaban J connectivity index is 2.29. The Morgan fingerprint density at radius 3 is 2.62 bits per heavy atom. The molecule has 1 aromatic carbocycles. The summed E-state index contributed by atoms with van der Waals surface area (Å²) in [4.78, 5) is 11.5. The van der Waals surface area contributed by atoms with Gasteiger partial charge in [0.15, 0.2) is 6.61 Å². The van der Waals surface area contributed by atoms with E-state index in [1.54, 1.807) is 7.11 Å². The van der Waals surface area contributed by atoms with Gasteiger partial charge in [-0.15, -0.1) is 0 Å². The van der Waals surface area contributed by atoms with Crippen LogP contribution in [0, 0.1) is 0 Å². The Bertz CT molecular complexity index is 406. The summed E-state index contributed by atoms with van der Waals surface area (Å²) in [5.74, 6) is 0.571. The van der Waals surface area contributed by atoms with Gasteiger partial charge in [-0.05, 0) is 44.5 Å². The lowest BCUT2D eigenvalue weighted by atomic mass is 10.1. The first-order valence-electron chi connectivity index (χ1n) is 7.30. The van der Waals surface area contributed by atoms with Crippen LogP contribution in [0.2, 0.25) is 0 Å². The summed E-state index contributed by atoms with van der Waals surface area (Å²) in [6.45, 7) is 3.20. The van der Waals surface area contributed by atoms with Gasteiger partial charge in [0.05, 0.1) is 6.61 Å². The molecular formula is C16H26N2O3. The van der Waals surface area contributed by atoms with E-state index < -0.39 is 0 Å². The topological polar surface area (TPSA) is 59.6 Å². The molecule has 0 fully saturated rings. The lowest BCUT2D eigenvalue weighted by Crippen LogP contribution is -2.31. The number of benzene rings is 1. The van der Waals surface area contributed by atoms with Crippen molar-refractivity contribution in [2.45, 2.75) is 25.8 Å². The van der Waals surface area contributed by atoms with E-state index in [1.807, 2.05) is 31.3 Å². The molecule has 118 valence electrons. The summed E-state index contributed by atoms with van der Waals surface area (Å²) >= 11 is 0. The van der Waals surface area contributed by atoms with Crippen LogP contribution in [0.25, 0.3) is 0 Å². The van der Waals surface area contributed by atoms with Gasteiger partial charge < -0.3 is 20.1 Å². The van der Waals surface area contributed by atoms with Crippen LogP contribution in [0.1, 0.15) is 18.9 Å². The number of aryl methyl sites for hydroxylation is 1. The third-order valence-electron chi connectivity index (χ3n) is 3.28. The predicted molar refractivity (Wildman–Crippen MR) is 83.7 cm³/mol. The van der Waals surface area contributed by atoms with E-state index in [1.165, 1.54) is 5.56 Å². The van der Waals surface area contributed by atoms with Gasteiger partial charge in [-0.25, -0.2) is 0 Å². The third-order valence-corrected chi connectivity index (χ3v) is 3.28. The normalized spacial score (nSPS) is 12.0. The lowest BCUT2D eigenvalue weighted by molar-refractivity contribution is -0.123. The molecule has 21 heavy (non-hydrogen) atoms. The van der Waals surface area contributed by atoms with E-state index in [9.17, 15) is 4.79 Å². The van der Waals surface area contributed by atoms with E-state index in [4.69, 9.17) is 9.47 Å². The van der Waals surface area contributed by atoms with Crippen molar-refractivity contribution in [3.8, 4) is 5.75 Å². The molecule has 0 saturated carbocycles. The van der Waals surface area contributed by atoms with Crippen molar-refractivity contribution in [3.63, 3.8) is 0 Å². The average molecular weight is 294 g/mol. The van der Waals surface area contributed by atoms with Gasteiger partial charge in [0.25, 0.3) is 5.91 Å². The fraction of sp³-hybridized carbons (Fsp3) is 0.562. The zero-order valence-corrected chi connectivity index (χ0v) is 13.1. The zero-order chi connectivity index (χ0) is 15.5. The van der Waals surface area contributed by atoms with Gasteiger partial charge in [-0.3, -0.25) is 4.79 Å². The van der Waals surface area contributed by atoms with E-state index in [-0.39, 0.29) is 12.5 Å². The fourth-order valence-electron chi connectivity index (χ4n) is 1.77. The first-order valence-corrected chi connectivity index (χ1v) is 7.30. The smallest absolute Gasteiger partial charge is 0.258 e. The minimum atomic E-state index is -0.140. The van der Waals surface area contributed by atoms with Crippen molar-refractivity contribution < 1.29 is 14.3 Å². The molecule has 0 aliphatic heterocycles. The van der Waals surface area contributed by atoms with Crippen molar-refractivity contribution in [1.29, 1.82) is 0 Å². The highest BCUT2D eigenvalue weighted by Gasteiger charge is 2.03. The molecule has 0 saturated heterocycles. The summed E-state index contributed by atoms with van der Waals surface area (Å²) in [5.41, 5.74) is 1.27. The highest BCUT2D eigenvalue weighted by Crippen LogP contribution is 2.13. The van der Waals surface area contributed by atoms with Gasteiger partial charge in [-0.2, -0.15) is 0 Å². The maximum atomic E-state index is 11.5. The third kappa shape index (κ3) is 7.68. The molecule has 0 bridgehead atoms. The number of hydrogen-bond donors (Lipinski definition) is 2. The van der Waals surface area contributed by atoms with Crippen molar-refractivity contribution in [2.24, 2.45) is 0 Å². The molecule has 0 aromatic heterocycles. The zero-order valence-electron chi connectivity index (χ0n) is 13.1. The highest BCUT2D eigenvalue weighted by atomic mass is 16.5. The number of ether oxygens (including phenoxy) is 2. The van der Waals surface area contributed by atoms with Gasteiger partial charge >= 0.3 is 0 Å². The number of rotatable bonds is 10. The molecule has 0 aliphatic carbocycles. The van der Waals surface area contributed by atoms with Crippen LogP contribution in [0.15, 0.2) is 24.3 Å². The second-order valence-corrected chi connectivity index (χ2v) is 5.00. The molecule has 1 atom stereocenters. The van der Waals surface area contributed by atoms with Crippen LogP contribution in [0.4, 0.5) is 0 Å². The lowest BCUT2D eigenvalue weighted by Gasteiger charge is -2.10. The van der Waals surface area contributed by atoms with E-state index in [2.05, 4.69) is 17.6 Å². The van der Waals surface area contributed by atoms with Crippen molar-refractivity contribution in [3.05, 3.63) is 29.8 Å². The minimum absolute atomic E-state index is 0.0276. The Morgan fingerprint density at radius 2 is 2.00 bits per heavy atom. The monoisotopic (exact) mass is 294 g/mol. The van der Waals surface area contributed by atoms with Crippen LogP contribution >= 0.6 is 0 Å². The number of carbonyl (C=O) groups excluding carboxylic acids is 1. The first-order chi connectivity index (χ1) is 10.2. The number of hydrogen-bond acceptors (Lipinski definition) is 4. The summed E-state index contributed by atoms with van der Waals surface area (Å²) in [6, 6.07) is 8.40. The van der Waals surface area contributed by atoms with Crippen LogP contribution < -0.4 is 15.4 Å². The van der Waals surface area contributed by atoms with Gasteiger partial charge in [0.1, 0.15) is 5.75 Å². The molecule has 0 radical (unpaired) electrons. The number of methoxy groups -OCH3 is 1. The molecule has 5 heteroatoms. The van der Waals surface area contributed by atoms with Crippen LogP contribution in [0.5, 0.6) is 5.75 Å². The fourth-order valence-corrected chi connectivity index (χ4v) is 1.77. The largest absolute Gasteiger partial charge is 0.484 e. The molecule has 2 N–H and O–H groups in total. The highest BCUT2D eigenvalue weighted by molar-refractivity contribution is 5.77. The second kappa shape index (κ2) is 10.2. The summed E-state index contributed by atoms with van der Waals surface area (Å²) in [7, 11) is 3.57. The quantitative estimate of drug-likeness (QED) is 0.640. The number of nitrogens with one attached hydrogen (secondary N) is 2. The summed E-state index contributed by atoms with van der Waals surface area (Å²) in [6.07, 6.45) is 2.12. The first kappa shape index (κ1) is 17.5. The second-order valence-electron chi connectivity index (χ2n) is 5.00. The molecule has 0 spiro atoms. The van der Waals surface area contributed by atoms with Gasteiger partial charge in [0.2, 0.25) is 0 Å². The SMILES string of the molecule is CNC(C)CCc1ccc(OCC(=O)NCCOC)cc1. The molecule has 1 aromatic rings. The van der Waals surface area contributed by atoms with E-state index in [0.717, 1.165) is 12.8 Å². The van der Waals surface area contributed by atoms with Crippen LogP contribution in [0.3, 0.4) is 0 Å². The Morgan fingerprint density at radius 1 is 1.29 bits per heavy atom. The summed E-state index contributed by atoms with van der Waals surface area (Å²) < 4.78 is 10.3. The molecular weight excluding hydrogens is 268 g/mol. The average Bonchev–Trinajstić information content (AvgIpc) is 2.51. The maximum absolute atomic E-state index is 11.5. The summed E-state index contributed by atoms with van der Waals surface area (Å²) in [5, 5.41) is 5.93. The maximum Gasteiger partial charge on any atom is 0.258 e. The molecule has 5 nitrogen and oxygen atoms in total. The number of amides is 1. The minimum Gasteiger partial charge on any atom is -0.484 e. The molecule has 1 amide bonds. The van der Waals surface area contributed by atoms with Gasteiger partial charge in [-0.1, -0.05) is 12.1 Å². The Hall–Kier alpha value is -1.59. The Kier molecular flexibility index (Phi) is 8.47. The van der Waals surface area contributed by atoms with Crippen molar-refractivity contribution in [1.82, 2.24) is 10.6 Å². The van der Waals surface area contributed by atoms with E-state index in [0.29, 0.717) is 24.9 Å². The molecule has 1 rings (SSSR count). The van der Waals surface area contributed by atoms with Crippen LogP contribution in [-0.4, -0.2) is 45.9 Å². The predicted octanol–water partition coefficient (Wildman–Crippen LogP) is 1.37. The van der Waals surface area contributed by atoms with E-state index >= 15 is 0 Å². The molecule has 0 heterocycles. The molecule has 1 unspecified atom stereocenters. The Labute approximate surface area is 127 Å². The standard InChI is InChI=1S/C16H26N2O3/c1-13(17-2)4-5-14-6-8-15(9-7-14)21-12-16(19)18-10-11-20-3/h6-9,13,17H,4-5,10-12H2,1-3H3,(H,18,19). The molecule has 0 aliphatic rings. The van der Waals surface area contributed by atoms with Crippen molar-refractivity contribution >= 4 is 5.91 Å². The number of carbonyl (C=O) groups is 1.